The Hall–Kier alpha value is -1.37. The van der Waals surface area contributed by atoms with Crippen LogP contribution in [-0.2, 0) is 24.8 Å². The normalized spacial score (nSPS) is 22.5. The molecule has 0 aromatic carbocycles. The first-order valence-corrected chi connectivity index (χ1v) is 7.98. The van der Waals surface area contributed by atoms with Gasteiger partial charge >= 0.3 is 0 Å². The lowest BCUT2D eigenvalue weighted by Gasteiger charge is -2.22. The fraction of sp³-hybridized carbons (Fsp3) is 0.600. The molecule has 3 rings (SSSR count). The third kappa shape index (κ3) is 2.78. The number of H-pyrrole nitrogens is 1. The van der Waals surface area contributed by atoms with Crippen molar-refractivity contribution in [3.63, 3.8) is 0 Å². The summed E-state index contributed by atoms with van der Waals surface area (Å²) in [6.07, 6.45) is 5.69. The van der Waals surface area contributed by atoms with Crippen LogP contribution in [0.4, 0.5) is 0 Å². The summed E-state index contributed by atoms with van der Waals surface area (Å²) in [5, 5.41) is 5.22. The standard InChI is InChI=1S/C15H22ClN5O/c1-4-12-11(14(16)20(2)19-12)9-21-8-10(22-3)7-13(21)15-17-5-6-18-15/h5-6,10,13H,4,7-9H2,1-3H3,(H,17,18). The van der Waals surface area contributed by atoms with E-state index in [0.717, 1.165) is 48.2 Å². The second-order valence-corrected chi connectivity index (χ2v) is 6.06. The van der Waals surface area contributed by atoms with Gasteiger partial charge in [-0.25, -0.2) is 4.98 Å². The Balaban J connectivity index is 1.86. The molecular weight excluding hydrogens is 302 g/mol. The van der Waals surface area contributed by atoms with Gasteiger partial charge in [0.15, 0.2) is 0 Å². The number of hydrogen-bond donors (Lipinski definition) is 1. The van der Waals surface area contributed by atoms with Gasteiger partial charge in [-0.2, -0.15) is 5.10 Å². The molecule has 2 atom stereocenters. The van der Waals surface area contributed by atoms with Gasteiger partial charge in [-0.05, 0) is 12.8 Å². The zero-order chi connectivity index (χ0) is 15.7. The number of aryl methyl sites for hydroxylation is 2. The molecule has 2 unspecified atom stereocenters. The quantitative estimate of drug-likeness (QED) is 0.917. The molecule has 1 saturated heterocycles. The molecule has 120 valence electrons. The van der Waals surface area contributed by atoms with E-state index in [2.05, 4.69) is 26.9 Å². The number of imidazole rings is 1. The zero-order valence-corrected chi connectivity index (χ0v) is 14.0. The number of rotatable bonds is 5. The lowest BCUT2D eigenvalue weighted by atomic mass is 10.1. The minimum absolute atomic E-state index is 0.218. The third-order valence-corrected chi connectivity index (χ3v) is 4.85. The van der Waals surface area contributed by atoms with Crippen LogP contribution in [0.1, 0.15) is 36.5 Å². The SMILES string of the molecule is CCc1nn(C)c(Cl)c1CN1CC(OC)CC1c1ncc[nH]1. The summed E-state index contributed by atoms with van der Waals surface area (Å²) in [6.45, 7) is 3.74. The number of ether oxygens (including phenoxy) is 1. The Morgan fingerprint density at radius 3 is 2.95 bits per heavy atom. The Bertz CT molecular complexity index is 624. The average Bonchev–Trinajstić information content (AvgIpc) is 3.22. The van der Waals surface area contributed by atoms with Crippen molar-refractivity contribution in [3.05, 3.63) is 34.6 Å². The number of likely N-dealkylation sites (tertiary alicyclic amines) is 1. The maximum absolute atomic E-state index is 6.43. The summed E-state index contributed by atoms with van der Waals surface area (Å²) in [5.41, 5.74) is 2.17. The van der Waals surface area contributed by atoms with Gasteiger partial charge < -0.3 is 9.72 Å². The molecular formula is C15H22ClN5O. The summed E-state index contributed by atoms with van der Waals surface area (Å²) in [6, 6.07) is 0.223. The number of nitrogens with zero attached hydrogens (tertiary/aromatic N) is 4. The molecule has 7 heteroatoms. The molecule has 0 radical (unpaired) electrons. The molecule has 2 aromatic heterocycles. The maximum Gasteiger partial charge on any atom is 0.131 e. The van der Waals surface area contributed by atoms with Crippen LogP contribution in [0.25, 0.3) is 0 Å². The fourth-order valence-electron chi connectivity index (χ4n) is 3.19. The van der Waals surface area contributed by atoms with Crippen molar-refractivity contribution >= 4 is 11.6 Å². The van der Waals surface area contributed by atoms with Crippen LogP contribution in [0.15, 0.2) is 12.4 Å². The molecule has 0 aliphatic carbocycles. The Kier molecular flexibility index (Phi) is 4.52. The monoisotopic (exact) mass is 323 g/mol. The molecule has 1 aliphatic rings. The van der Waals surface area contributed by atoms with Crippen molar-refractivity contribution < 1.29 is 4.74 Å². The van der Waals surface area contributed by atoms with Crippen LogP contribution >= 0.6 is 11.6 Å². The van der Waals surface area contributed by atoms with E-state index in [-0.39, 0.29) is 12.1 Å². The highest BCUT2D eigenvalue weighted by atomic mass is 35.5. The van der Waals surface area contributed by atoms with Crippen LogP contribution in [0, 0.1) is 0 Å². The Morgan fingerprint density at radius 2 is 2.32 bits per heavy atom. The predicted molar refractivity (Wildman–Crippen MR) is 84.7 cm³/mol. The number of methoxy groups -OCH3 is 1. The number of halogens is 1. The molecule has 0 bridgehead atoms. The van der Waals surface area contributed by atoms with Gasteiger partial charge in [-0.1, -0.05) is 18.5 Å². The van der Waals surface area contributed by atoms with Crippen LogP contribution in [0.2, 0.25) is 5.15 Å². The van der Waals surface area contributed by atoms with Crippen molar-refractivity contribution in [3.8, 4) is 0 Å². The lowest BCUT2D eigenvalue weighted by Crippen LogP contribution is -2.25. The van der Waals surface area contributed by atoms with E-state index < -0.39 is 0 Å². The van der Waals surface area contributed by atoms with Crippen LogP contribution in [0.5, 0.6) is 0 Å². The van der Waals surface area contributed by atoms with E-state index in [1.165, 1.54) is 0 Å². The van der Waals surface area contributed by atoms with Gasteiger partial charge in [0.2, 0.25) is 0 Å². The van der Waals surface area contributed by atoms with Crippen molar-refractivity contribution in [1.29, 1.82) is 0 Å². The zero-order valence-electron chi connectivity index (χ0n) is 13.2. The van der Waals surface area contributed by atoms with Gasteiger partial charge in [-0.15, -0.1) is 0 Å². The summed E-state index contributed by atoms with van der Waals surface area (Å²) >= 11 is 6.43. The summed E-state index contributed by atoms with van der Waals surface area (Å²) in [5.74, 6) is 0.984. The highest BCUT2D eigenvalue weighted by Crippen LogP contribution is 2.34. The first-order chi connectivity index (χ1) is 10.6. The summed E-state index contributed by atoms with van der Waals surface area (Å²) in [7, 11) is 3.65. The van der Waals surface area contributed by atoms with Crippen LogP contribution < -0.4 is 0 Å². The first kappa shape index (κ1) is 15.5. The summed E-state index contributed by atoms with van der Waals surface area (Å²) in [4.78, 5) is 10.0. The minimum Gasteiger partial charge on any atom is -0.380 e. The summed E-state index contributed by atoms with van der Waals surface area (Å²) < 4.78 is 7.31. The van der Waals surface area contributed by atoms with Gasteiger partial charge in [0.25, 0.3) is 0 Å². The first-order valence-electron chi connectivity index (χ1n) is 7.60. The van der Waals surface area contributed by atoms with Crippen molar-refractivity contribution in [2.75, 3.05) is 13.7 Å². The largest absolute Gasteiger partial charge is 0.380 e. The Morgan fingerprint density at radius 1 is 1.50 bits per heavy atom. The van der Waals surface area contributed by atoms with Gasteiger partial charge in [0.1, 0.15) is 11.0 Å². The molecule has 0 saturated carbocycles. The second kappa shape index (κ2) is 6.40. The Labute approximate surface area is 135 Å². The molecule has 6 nitrogen and oxygen atoms in total. The van der Waals surface area contributed by atoms with E-state index in [1.807, 2.05) is 13.2 Å². The molecule has 3 heterocycles. The molecule has 1 N–H and O–H groups in total. The molecule has 2 aromatic rings. The van der Waals surface area contributed by atoms with Gasteiger partial charge in [0.05, 0.1) is 17.8 Å². The van der Waals surface area contributed by atoms with E-state index in [1.54, 1.807) is 18.0 Å². The van der Waals surface area contributed by atoms with E-state index in [4.69, 9.17) is 16.3 Å². The number of aromatic nitrogens is 4. The van der Waals surface area contributed by atoms with Crippen molar-refractivity contribution in [1.82, 2.24) is 24.6 Å². The number of aromatic amines is 1. The van der Waals surface area contributed by atoms with Crippen LogP contribution in [-0.4, -0.2) is 44.4 Å². The number of hydrogen-bond acceptors (Lipinski definition) is 4. The van der Waals surface area contributed by atoms with Crippen LogP contribution in [0.3, 0.4) is 0 Å². The van der Waals surface area contributed by atoms with Crippen molar-refractivity contribution in [2.45, 2.75) is 38.5 Å². The van der Waals surface area contributed by atoms with E-state index in [0.29, 0.717) is 0 Å². The highest BCUT2D eigenvalue weighted by molar-refractivity contribution is 6.30. The van der Waals surface area contributed by atoms with Crippen molar-refractivity contribution in [2.24, 2.45) is 7.05 Å². The predicted octanol–water partition coefficient (Wildman–Crippen LogP) is 2.32. The minimum atomic E-state index is 0.218. The second-order valence-electron chi connectivity index (χ2n) is 5.71. The third-order valence-electron chi connectivity index (χ3n) is 4.38. The molecule has 1 aliphatic heterocycles. The van der Waals surface area contributed by atoms with E-state index >= 15 is 0 Å². The van der Waals surface area contributed by atoms with E-state index in [9.17, 15) is 0 Å². The topological polar surface area (TPSA) is 59.0 Å². The molecule has 0 spiro atoms. The van der Waals surface area contributed by atoms with Gasteiger partial charge in [0, 0.05) is 45.2 Å². The highest BCUT2D eigenvalue weighted by Gasteiger charge is 2.35. The lowest BCUT2D eigenvalue weighted by molar-refractivity contribution is 0.107. The molecule has 22 heavy (non-hydrogen) atoms. The molecule has 0 amide bonds. The smallest absolute Gasteiger partial charge is 0.131 e. The molecule has 1 fully saturated rings. The fourth-order valence-corrected chi connectivity index (χ4v) is 3.40. The maximum atomic E-state index is 6.43. The number of nitrogens with one attached hydrogen (secondary N) is 1. The van der Waals surface area contributed by atoms with Gasteiger partial charge in [-0.3, -0.25) is 9.58 Å². The average molecular weight is 324 g/mol.